The molecular formula is C11H19N. The molecule has 1 atom stereocenters. The first-order valence-electron chi connectivity index (χ1n) is 5.08. The van der Waals surface area contributed by atoms with E-state index >= 15 is 0 Å². The molecule has 1 aliphatic rings. The quantitative estimate of drug-likeness (QED) is 0.567. The summed E-state index contributed by atoms with van der Waals surface area (Å²) in [4.78, 5) is 4.29. The van der Waals surface area contributed by atoms with Gasteiger partial charge < -0.3 is 0 Å². The summed E-state index contributed by atoms with van der Waals surface area (Å²) in [5.41, 5.74) is 1.48. The van der Waals surface area contributed by atoms with Crippen LogP contribution in [0.4, 0.5) is 0 Å². The molecule has 0 heterocycles. The lowest BCUT2D eigenvalue weighted by atomic mass is 9.97. The summed E-state index contributed by atoms with van der Waals surface area (Å²) in [7, 11) is 0. The van der Waals surface area contributed by atoms with Crippen LogP contribution in [0, 0.1) is 5.92 Å². The van der Waals surface area contributed by atoms with Gasteiger partial charge in [0.1, 0.15) is 0 Å². The Bertz CT molecular complexity index is 179. The second kappa shape index (κ2) is 5.13. The molecule has 0 aliphatic heterocycles. The van der Waals surface area contributed by atoms with Crippen molar-refractivity contribution in [1.29, 1.82) is 0 Å². The minimum Gasteiger partial charge on any atom is -0.293 e. The summed E-state index contributed by atoms with van der Waals surface area (Å²) in [5.74, 6) is 0.810. The lowest BCUT2D eigenvalue weighted by molar-refractivity contribution is 0.559. The Labute approximate surface area is 75.6 Å². The van der Waals surface area contributed by atoms with Gasteiger partial charge in [-0.1, -0.05) is 19.4 Å². The predicted molar refractivity (Wildman–Crippen MR) is 54.7 cm³/mol. The largest absolute Gasteiger partial charge is 0.293 e. The molecular weight excluding hydrogens is 146 g/mol. The van der Waals surface area contributed by atoms with Crippen LogP contribution in [0.15, 0.2) is 16.6 Å². The smallest absolute Gasteiger partial charge is 0.0361 e. The van der Waals surface area contributed by atoms with E-state index in [2.05, 4.69) is 31.1 Å². The average Bonchev–Trinajstić information content (AvgIpc) is 2.50. The minimum atomic E-state index is 0.810. The van der Waals surface area contributed by atoms with Crippen molar-refractivity contribution in [3.63, 3.8) is 0 Å². The molecule has 0 spiro atoms. The molecule has 1 nitrogen and oxygen atoms in total. The summed E-state index contributed by atoms with van der Waals surface area (Å²) < 4.78 is 0. The van der Waals surface area contributed by atoms with Crippen LogP contribution in [0.25, 0.3) is 0 Å². The van der Waals surface area contributed by atoms with E-state index in [-0.39, 0.29) is 0 Å². The fraction of sp³-hybridized carbons (Fsp3) is 0.727. The fourth-order valence-electron chi connectivity index (χ4n) is 1.80. The van der Waals surface area contributed by atoms with E-state index in [1.54, 1.807) is 0 Å². The Kier molecular flexibility index (Phi) is 4.06. The van der Waals surface area contributed by atoms with E-state index < -0.39 is 0 Å². The first-order chi connectivity index (χ1) is 5.88. The summed E-state index contributed by atoms with van der Waals surface area (Å²) in [6.45, 7) is 5.25. The molecule has 0 N–H and O–H groups in total. The van der Waals surface area contributed by atoms with Gasteiger partial charge in [0, 0.05) is 12.8 Å². The number of allylic oxidation sites excluding steroid dienone is 2. The van der Waals surface area contributed by atoms with Crippen LogP contribution in [-0.4, -0.2) is 12.8 Å². The van der Waals surface area contributed by atoms with Crippen molar-refractivity contribution in [3.05, 3.63) is 11.6 Å². The summed E-state index contributed by atoms with van der Waals surface area (Å²) in [6, 6.07) is 0. The Balaban J connectivity index is 2.45. The van der Waals surface area contributed by atoms with Crippen molar-refractivity contribution in [2.75, 3.05) is 6.54 Å². The third-order valence-corrected chi connectivity index (χ3v) is 2.43. The molecule has 0 aromatic carbocycles. The maximum atomic E-state index is 4.29. The zero-order valence-electron chi connectivity index (χ0n) is 8.21. The Hall–Kier alpha value is -0.590. The lowest BCUT2D eigenvalue weighted by Crippen LogP contribution is -1.99. The van der Waals surface area contributed by atoms with Crippen LogP contribution in [-0.2, 0) is 0 Å². The van der Waals surface area contributed by atoms with Crippen molar-refractivity contribution < 1.29 is 0 Å². The standard InChI is InChI=1S/C11H19N/c1-3-6-10-7-5-8-11(10)9-12-4-2/h8-10H,3-7H2,1-2H3. The van der Waals surface area contributed by atoms with E-state index in [1.165, 1.54) is 31.3 Å². The molecule has 0 aromatic heterocycles. The number of aliphatic imine (C=N–C) groups is 1. The van der Waals surface area contributed by atoms with Gasteiger partial charge in [-0.05, 0) is 37.7 Å². The van der Waals surface area contributed by atoms with Crippen molar-refractivity contribution >= 4 is 6.21 Å². The third kappa shape index (κ3) is 2.47. The van der Waals surface area contributed by atoms with Crippen LogP contribution in [0.5, 0.6) is 0 Å². The molecule has 1 heteroatoms. The van der Waals surface area contributed by atoms with Crippen LogP contribution < -0.4 is 0 Å². The Morgan fingerprint density at radius 3 is 3.08 bits per heavy atom. The zero-order valence-corrected chi connectivity index (χ0v) is 8.21. The molecule has 1 aliphatic carbocycles. The van der Waals surface area contributed by atoms with Gasteiger partial charge in [-0.15, -0.1) is 0 Å². The Morgan fingerprint density at radius 1 is 1.58 bits per heavy atom. The molecule has 0 fully saturated rings. The fourth-order valence-corrected chi connectivity index (χ4v) is 1.80. The van der Waals surface area contributed by atoms with E-state index in [4.69, 9.17) is 0 Å². The molecule has 0 radical (unpaired) electrons. The van der Waals surface area contributed by atoms with Gasteiger partial charge in [0.05, 0.1) is 0 Å². The van der Waals surface area contributed by atoms with Crippen LogP contribution in [0.2, 0.25) is 0 Å². The highest BCUT2D eigenvalue weighted by molar-refractivity contribution is 5.79. The van der Waals surface area contributed by atoms with Gasteiger partial charge in [0.2, 0.25) is 0 Å². The van der Waals surface area contributed by atoms with Crippen molar-refractivity contribution in [2.24, 2.45) is 10.9 Å². The van der Waals surface area contributed by atoms with Crippen LogP contribution in [0.1, 0.15) is 39.5 Å². The first kappa shape index (κ1) is 9.50. The second-order valence-corrected chi connectivity index (χ2v) is 3.39. The molecule has 0 bridgehead atoms. The summed E-state index contributed by atoms with van der Waals surface area (Å²) >= 11 is 0. The maximum Gasteiger partial charge on any atom is 0.0361 e. The number of rotatable bonds is 4. The van der Waals surface area contributed by atoms with Gasteiger partial charge in [-0.3, -0.25) is 4.99 Å². The highest BCUT2D eigenvalue weighted by atomic mass is 14.7. The normalized spacial score (nSPS) is 23.5. The predicted octanol–water partition coefficient (Wildman–Crippen LogP) is 3.21. The minimum absolute atomic E-state index is 0.810. The van der Waals surface area contributed by atoms with Crippen LogP contribution >= 0.6 is 0 Å². The number of nitrogens with zero attached hydrogens (tertiary/aromatic N) is 1. The lowest BCUT2D eigenvalue weighted by Gasteiger charge is -2.09. The van der Waals surface area contributed by atoms with Gasteiger partial charge >= 0.3 is 0 Å². The van der Waals surface area contributed by atoms with Crippen molar-refractivity contribution in [2.45, 2.75) is 39.5 Å². The SMILES string of the molecule is CCCC1CCC=C1C=NCC. The van der Waals surface area contributed by atoms with E-state index in [1.807, 2.05) is 0 Å². The first-order valence-corrected chi connectivity index (χ1v) is 5.08. The van der Waals surface area contributed by atoms with Gasteiger partial charge in [0.25, 0.3) is 0 Å². The second-order valence-electron chi connectivity index (χ2n) is 3.39. The molecule has 68 valence electrons. The van der Waals surface area contributed by atoms with Crippen LogP contribution in [0.3, 0.4) is 0 Å². The Morgan fingerprint density at radius 2 is 2.42 bits per heavy atom. The summed E-state index contributed by atoms with van der Waals surface area (Å²) in [5, 5.41) is 0. The van der Waals surface area contributed by atoms with Crippen molar-refractivity contribution in [1.82, 2.24) is 0 Å². The molecule has 0 aromatic rings. The number of hydrogen-bond acceptors (Lipinski definition) is 1. The zero-order chi connectivity index (χ0) is 8.81. The van der Waals surface area contributed by atoms with Crippen molar-refractivity contribution in [3.8, 4) is 0 Å². The topological polar surface area (TPSA) is 12.4 Å². The molecule has 1 unspecified atom stereocenters. The molecule has 0 saturated carbocycles. The highest BCUT2D eigenvalue weighted by Gasteiger charge is 2.15. The monoisotopic (exact) mass is 165 g/mol. The molecule has 0 amide bonds. The maximum absolute atomic E-state index is 4.29. The molecule has 12 heavy (non-hydrogen) atoms. The van der Waals surface area contributed by atoms with Gasteiger partial charge in [-0.2, -0.15) is 0 Å². The third-order valence-electron chi connectivity index (χ3n) is 2.43. The van der Waals surface area contributed by atoms with Gasteiger partial charge in [0.15, 0.2) is 0 Å². The van der Waals surface area contributed by atoms with E-state index in [0.717, 1.165) is 12.5 Å². The number of hydrogen-bond donors (Lipinski definition) is 0. The summed E-state index contributed by atoms with van der Waals surface area (Å²) in [6.07, 6.45) is 9.66. The highest BCUT2D eigenvalue weighted by Crippen LogP contribution is 2.28. The van der Waals surface area contributed by atoms with Gasteiger partial charge in [-0.25, -0.2) is 0 Å². The molecule has 0 saturated heterocycles. The van der Waals surface area contributed by atoms with E-state index in [0.29, 0.717) is 0 Å². The van der Waals surface area contributed by atoms with E-state index in [9.17, 15) is 0 Å². The average molecular weight is 165 g/mol. The molecule has 1 rings (SSSR count).